The SMILES string of the molecule is CC(C)CC(NS(=O)(=O)N1CCCCC1)C(=O)NC(Cc1ccc(OCc2ccccc2)cc1)C(=O)OC(C)(C)C. The molecule has 1 amide bonds. The Bertz CT molecular complexity index is 1220. The molecule has 2 N–H and O–H groups in total. The van der Waals surface area contributed by atoms with Gasteiger partial charge in [-0.3, -0.25) is 4.79 Å². The Morgan fingerprint density at radius 2 is 1.54 bits per heavy atom. The van der Waals surface area contributed by atoms with Crippen molar-refractivity contribution < 1.29 is 27.5 Å². The van der Waals surface area contributed by atoms with Crippen molar-refractivity contribution in [3.63, 3.8) is 0 Å². The third-order valence-corrected chi connectivity index (χ3v) is 8.22. The molecule has 0 spiro atoms. The van der Waals surface area contributed by atoms with Gasteiger partial charge in [0.25, 0.3) is 10.2 Å². The van der Waals surface area contributed by atoms with Crippen molar-refractivity contribution in [3.05, 3.63) is 65.7 Å². The lowest BCUT2D eigenvalue weighted by Crippen LogP contribution is -2.56. The number of carbonyl (C=O) groups is 2. The largest absolute Gasteiger partial charge is 0.489 e. The Balaban J connectivity index is 1.73. The number of esters is 1. The third kappa shape index (κ3) is 11.1. The van der Waals surface area contributed by atoms with E-state index >= 15 is 0 Å². The van der Waals surface area contributed by atoms with E-state index in [1.807, 2.05) is 68.4 Å². The number of piperidine rings is 1. The third-order valence-electron chi connectivity index (χ3n) is 6.59. The highest BCUT2D eigenvalue weighted by molar-refractivity contribution is 7.87. The van der Waals surface area contributed by atoms with Gasteiger partial charge in [0.05, 0.1) is 0 Å². The zero-order chi connectivity index (χ0) is 30.0. The quantitative estimate of drug-likeness (QED) is 0.337. The number of rotatable bonds is 13. The summed E-state index contributed by atoms with van der Waals surface area (Å²) in [7, 11) is -3.85. The van der Waals surface area contributed by atoms with Crippen LogP contribution in [0.2, 0.25) is 0 Å². The van der Waals surface area contributed by atoms with E-state index in [1.54, 1.807) is 20.8 Å². The van der Waals surface area contributed by atoms with Gasteiger partial charge < -0.3 is 14.8 Å². The summed E-state index contributed by atoms with van der Waals surface area (Å²) in [5.74, 6) is -0.423. The molecule has 41 heavy (non-hydrogen) atoms. The minimum absolute atomic E-state index is 0.0400. The Kier molecular flexibility index (Phi) is 11.7. The molecule has 10 heteroatoms. The second-order valence-corrected chi connectivity index (χ2v) is 13.7. The maximum atomic E-state index is 13.5. The molecule has 0 bridgehead atoms. The number of ether oxygens (including phenoxy) is 2. The van der Waals surface area contributed by atoms with Gasteiger partial charge in [-0.1, -0.05) is 62.7 Å². The summed E-state index contributed by atoms with van der Waals surface area (Å²) in [6.45, 7) is 10.4. The van der Waals surface area contributed by atoms with Crippen molar-refractivity contribution in [2.45, 2.75) is 91.0 Å². The van der Waals surface area contributed by atoms with Crippen molar-refractivity contribution in [3.8, 4) is 5.75 Å². The molecule has 226 valence electrons. The van der Waals surface area contributed by atoms with Crippen molar-refractivity contribution in [1.82, 2.24) is 14.3 Å². The molecule has 0 radical (unpaired) electrons. The summed E-state index contributed by atoms with van der Waals surface area (Å²) < 4.78 is 41.7. The first-order valence-electron chi connectivity index (χ1n) is 14.4. The van der Waals surface area contributed by atoms with E-state index in [0.29, 0.717) is 25.4 Å². The minimum Gasteiger partial charge on any atom is -0.489 e. The van der Waals surface area contributed by atoms with E-state index in [2.05, 4.69) is 10.0 Å². The maximum Gasteiger partial charge on any atom is 0.329 e. The molecule has 3 rings (SSSR count). The molecule has 0 saturated carbocycles. The normalized spacial score (nSPS) is 16.1. The molecule has 2 aromatic carbocycles. The molecule has 1 heterocycles. The van der Waals surface area contributed by atoms with Crippen LogP contribution < -0.4 is 14.8 Å². The number of amides is 1. The average molecular weight is 588 g/mol. The van der Waals surface area contributed by atoms with E-state index in [0.717, 1.165) is 30.4 Å². The first-order chi connectivity index (χ1) is 19.3. The standard InChI is InChI=1S/C31H45N3O6S/c1-23(2)20-27(33-41(37,38)34-18-10-7-11-19-34)29(35)32-28(30(36)40-31(3,4)5)21-24-14-16-26(17-15-24)39-22-25-12-8-6-9-13-25/h6,8-9,12-17,23,27-28,33H,7,10-11,18-22H2,1-5H3,(H,32,35). The number of hydrogen-bond acceptors (Lipinski definition) is 6. The lowest BCUT2D eigenvalue weighted by atomic mass is 10.0. The molecule has 0 aliphatic carbocycles. The lowest BCUT2D eigenvalue weighted by molar-refractivity contribution is -0.158. The molecule has 1 fully saturated rings. The number of carbonyl (C=O) groups excluding carboxylic acids is 2. The fourth-order valence-electron chi connectivity index (χ4n) is 4.58. The van der Waals surface area contributed by atoms with E-state index in [9.17, 15) is 18.0 Å². The summed E-state index contributed by atoms with van der Waals surface area (Å²) in [4.78, 5) is 26.7. The predicted molar refractivity (Wildman–Crippen MR) is 159 cm³/mol. The summed E-state index contributed by atoms with van der Waals surface area (Å²) in [5, 5.41) is 2.79. The summed E-state index contributed by atoms with van der Waals surface area (Å²) >= 11 is 0. The Labute approximate surface area is 245 Å². The maximum absolute atomic E-state index is 13.5. The van der Waals surface area contributed by atoms with E-state index in [4.69, 9.17) is 9.47 Å². The van der Waals surface area contributed by atoms with Crippen LogP contribution in [0.5, 0.6) is 5.75 Å². The van der Waals surface area contributed by atoms with Gasteiger partial charge in [0, 0.05) is 19.5 Å². The summed E-state index contributed by atoms with van der Waals surface area (Å²) in [6, 6.07) is 15.1. The van der Waals surface area contributed by atoms with Gasteiger partial charge in [-0.25, -0.2) is 4.79 Å². The fourth-order valence-corrected chi connectivity index (χ4v) is 6.03. The second kappa shape index (κ2) is 14.8. The molecule has 9 nitrogen and oxygen atoms in total. The molecule has 1 aliphatic rings. The zero-order valence-corrected chi connectivity index (χ0v) is 25.7. The van der Waals surface area contributed by atoms with E-state index in [-0.39, 0.29) is 18.8 Å². The smallest absolute Gasteiger partial charge is 0.329 e. The van der Waals surface area contributed by atoms with Crippen molar-refractivity contribution in [1.29, 1.82) is 0 Å². The molecule has 2 atom stereocenters. The van der Waals surface area contributed by atoms with Gasteiger partial charge in [0.2, 0.25) is 5.91 Å². The lowest BCUT2D eigenvalue weighted by Gasteiger charge is -2.30. The number of nitrogens with zero attached hydrogens (tertiary/aromatic N) is 1. The van der Waals surface area contributed by atoms with E-state index < -0.39 is 39.8 Å². The highest BCUT2D eigenvalue weighted by Gasteiger charge is 2.34. The predicted octanol–water partition coefficient (Wildman–Crippen LogP) is 4.37. The zero-order valence-electron chi connectivity index (χ0n) is 24.9. The van der Waals surface area contributed by atoms with Crippen LogP contribution in [-0.4, -0.2) is 55.4 Å². The molecular formula is C31H45N3O6S. The summed E-state index contributed by atoms with van der Waals surface area (Å²) in [5.41, 5.74) is 1.08. The second-order valence-electron chi connectivity index (χ2n) is 12.0. The highest BCUT2D eigenvalue weighted by Crippen LogP contribution is 2.18. The van der Waals surface area contributed by atoms with Gasteiger partial charge in [-0.2, -0.15) is 17.4 Å². The van der Waals surface area contributed by atoms with Crippen LogP contribution in [0.25, 0.3) is 0 Å². The van der Waals surface area contributed by atoms with Crippen LogP contribution in [0.4, 0.5) is 0 Å². The first-order valence-corrected chi connectivity index (χ1v) is 15.8. The summed E-state index contributed by atoms with van der Waals surface area (Å²) in [6.07, 6.45) is 3.03. The Morgan fingerprint density at radius 1 is 0.902 bits per heavy atom. The van der Waals surface area contributed by atoms with E-state index in [1.165, 1.54) is 4.31 Å². The fraction of sp³-hybridized carbons (Fsp3) is 0.548. The molecule has 2 aromatic rings. The average Bonchev–Trinajstić information content (AvgIpc) is 2.91. The molecule has 1 aliphatic heterocycles. The minimum atomic E-state index is -3.85. The van der Waals surface area contributed by atoms with Gasteiger partial charge in [0.15, 0.2) is 0 Å². The van der Waals surface area contributed by atoms with Crippen LogP contribution in [0.15, 0.2) is 54.6 Å². The topological polar surface area (TPSA) is 114 Å². The molecule has 0 aromatic heterocycles. The highest BCUT2D eigenvalue weighted by atomic mass is 32.2. The van der Waals surface area contributed by atoms with Gasteiger partial charge in [-0.05, 0) is 69.2 Å². The molecular weight excluding hydrogens is 542 g/mol. The van der Waals surface area contributed by atoms with Crippen LogP contribution in [0.1, 0.15) is 71.4 Å². The van der Waals surface area contributed by atoms with Crippen LogP contribution in [-0.2, 0) is 37.6 Å². The van der Waals surface area contributed by atoms with Gasteiger partial charge in [-0.15, -0.1) is 0 Å². The van der Waals surface area contributed by atoms with Crippen LogP contribution in [0, 0.1) is 5.92 Å². The monoisotopic (exact) mass is 587 g/mol. The van der Waals surface area contributed by atoms with Crippen molar-refractivity contribution in [2.24, 2.45) is 5.92 Å². The van der Waals surface area contributed by atoms with Gasteiger partial charge >= 0.3 is 5.97 Å². The van der Waals surface area contributed by atoms with Crippen molar-refractivity contribution in [2.75, 3.05) is 13.1 Å². The first kappa shape index (κ1) is 32.6. The van der Waals surface area contributed by atoms with Gasteiger partial charge in [0.1, 0.15) is 30.0 Å². The number of benzene rings is 2. The van der Waals surface area contributed by atoms with Crippen LogP contribution >= 0.6 is 0 Å². The Hall–Kier alpha value is -2.95. The van der Waals surface area contributed by atoms with Crippen molar-refractivity contribution >= 4 is 22.1 Å². The number of hydrogen-bond donors (Lipinski definition) is 2. The van der Waals surface area contributed by atoms with Crippen LogP contribution in [0.3, 0.4) is 0 Å². The Morgan fingerprint density at radius 3 is 2.12 bits per heavy atom. The molecule has 2 unspecified atom stereocenters. The number of nitrogens with one attached hydrogen (secondary N) is 2. The molecule has 1 saturated heterocycles.